The lowest BCUT2D eigenvalue weighted by atomic mass is 9.82. The molecule has 0 unspecified atom stereocenters. The summed E-state index contributed by atoms with van der Waals surface area (Å²) in [6.07, 6.45) is 10.8. The Hall–Kier alpha value is -3.53. The summed E-state index contributed by atoms with van der Waals surface area (Å²) < 4.78 is 2.92. The highest BCUT2D eigenvalue weighted by atomic mass is 32.1. The summed E-state index contributed by atoms with van der Waals surface area (Å²) in [4.78, 5) is 5.18. The molecule has 1 fully saturated rings. The van der Waals surface area contributed by atoms with E-state index < -0.39 is 8.07 Å². The minimum absolute atomic E-state index is 0.0193. The standard InChI is InChI=1S/C49H59NSSi/c1-47(2,3)32-34-19-23-40(24-20-34)52(39-16-11-10-12-17-39,41-25-21-35(22-26-41)33-48(4,5)6)44-31-37-27-28-50-45(46(37)51-44)38-29-36-15-13-14-18-42(36)43(30-38)49(7,8)9/h13-15,18-31,39H,10-12,16-17,32-33H2,1-9H3. The Balaban J connectivity index is 1.47. The van der Waals surface area contributed by atoms with Crippen molar-refractivity contribution in [1.82, 2.24) is 4.98 Å². The number of fused-ring (bicyclic) bond motifs is 2. The minimum atomic E-state index is -2.49. The van der Waals surface area contributed by atoms with E-state index in [0.29, 0.717) is 5.54 Å². The molecule has 0 N–H and O–H groups in total. The Labute approximate surface area is 319 Å². The number of aromatic nitrogens is 1. The molecule has 4 aromatic carbocycles. The fraction of sp³-hybridized carbons (Fsp3) is 0.408. The first-order valence-corrected chi connectivity index (χ1v) is 22.6. The van der Waals surface area contributed by atoms with Gasteiger partial charge in [0, 0.05) is 16.3 Å². The van der Waals surface area contributed by atoms with E-state index in [1.807, 2.05) is 6.20 Å². The van der Waals surface area contributed by atoms with Crippen molar-refractivity contribution >= 4 is 55.1 Å². The van der Waals surface area contributed by atoms with Crippen molar-refractivity contribution in [3.8, 4) is 11.3 Å². The number of thiophene rings is 1. The fourth-order valence-electron chi connectivity index (χ4n) is 9.09. The van der Waals surface area contributed by atoms with Crippen LogP contribution in [0.1, 0.15) is 111 Å². The molecule has 1 aliphatic rings. The monoisotopic (exact) mass is 721 g/mol. The van der Waals surface area contributed by atoms with Crippen LogP contribution in [-0.4, -0.2) is 13.1 Å². The quantitative estimate of drug-likeness (QED) is 0.150. The summed E-state index contributed by atoms with van der Waals surface area (Å²) in [5.74, 6) is 0. The zero-order valence-corrected chi connectivity index (χ0v) is 35.0. The van der Waals surface area contributed by atoms with Gasteiger partial charge in [-0.05, 0) is 102 Å². The average Bonchev–Trinajstić information content (AvgIpc) is 3.53. The van der Waals surface area contributed by atoms with E-state index in [-0.39, 0.29) is 16.2 Å². The smallest absolute Gasteiger partial charge is 0.163 e. The first-order chi connectivity index (χ1) is 24.6. The van der Waals surface area contributed by atoms with Crippen molar-refractivity contribution in [3.63, 3.8) is 0 Å². The summed E-state index contributed by atoms with van der Waals surface area (Å²) in [7, 11) is -2.49. The Morgan fingerprint density at radius 2 is 1.21 bits per heavy atom. The molecule has 3 heteroatoms. The number of rotatable bonds is 7. The van der Waals surface area contributed by atoms with Gasteiger partial charge in [-0.1, -0.05) is 167 Å². The van der Waals surface area contributed by atoms with Crippen LogP contribution in [0, 0.1) is 10.8 Å². The van der Waals surface area contributed by atoms with Gasteiger partial charge in [0.1, 0.15) is 0 Å². The second-order valence-corrected chi connectivity index (χ2v) is 24.7. The molecule has 1 aliphatic carbocycles. The maximum atomic E-state index is 5.18. The van der Waals surface area contributed by atoms with Gasteiger partial charge in [0.15, 0.2) is 8.07 Å². The lowest BCUT2D eigenvalue weighted by Gasteiger charge is -2.41. The van der Waals surface area contributed by atoms with Gasteiger partial charge in [-0.25, -0.2) is 0 Å². The van der Waals surface area contributed by atoms with Crippen LogP contribution in [0.3, 0.4) is 0 Å². The molecule has 7 rings (SSSR count). The van der Waals surface area contributed by atoms with Crippen LogP contribution in [0.2, 0.25) is 5.54 Å². The summed E-state index contributed by atoms with van der Waals surface area (Å²) in [5.41, 5.74) is 7.80. The van der Waals surface area contributed by atoms with E-state index >= 15 is 0 Å². The average molecular weight is 722 g/mol. The topological polar surface area (TPSA) is 12.9 Å². The molecule has 2 heterocycles. The molecule has 1 saturated carbocycles. The predicted octanol–water partition coefficient (Wildman–Crippen LogP) is 12.4. The summed E-state index contributed by atoms with van der Waals surface area (Å²) >= 11 is 2.06. The number of pyridine rings is 1. The van der Waals surface area contributed by atoms with Crippen LogP contribution in [-0.2, 0) is 18.3 Å². The third-order valence-corrected chi connectivity index (χ3v) is 18.7. The molecule has 52 heavy (non-hydrogen) atoms. The Bertz CT molecular complexity index is 2100. The zero-order valence-electron chi connectivity index (χ0n) is 33.2. The van der Waals surface area contributed by atoms with Crippen molar-refractivity contribution in [2.45, 2.75) is 118 Å². The Kier molecular flexibility index (Phi) is 9.93. The highest BCUT2D eigenvalue weighted by molar-refractivity contribution is 7.37. The molecule has 0 radical (unpaired) electrons. The molecule has 270 valence electrons. The van der Waals surface area contributed by atoms with Crippen molar-refractivity contribution < 1.29 is 0 Å². The second kappa shape index (κ2) is 14.0. The predicted molar refractivity (Wildman–Crippen MR) is 232 cm³/mol. The van der Waals surface area contributed by atoms with Crippen LogP contribution in [0.5, 0.6) is 0 Å². The molecule has 0 bridgehead atoms. The van der Waals surface area contributed by atoms with E-state index in [0.717, 1.165) is 18.5 Å². The van der Waals surface area contributed by atoms with Crippen molar-refractivity contribution in [1.29, 1.82) is 0 Å². The highest BCUT2D eigenvalue weighted by Gasteiger charge is 2.48. The molecule has 0 amide bonds. The molecule has 0 saturated heterocycles. The summed E-state index contributed by atoms with van der Waals surface area (Å²) in [6.45, 7) is 21.1. The number of hydrogen-bond donors (Lipinski definition) is 0. The molecule has 1 nitrogen and oxygen atoms in total. The molecule has 0 aliphatic heterocycles. The maximum Gasteiger partial charge on any atom is 0.163 e. The highest BCUT2D eigenvalue weighted by Crippen LogP contribution is 2.42. The lowest BCUT2D eigenvalue weighted by Crippen LogP contribution is -2.69. The number of nitrogens with zero attached hydrogens (tertiary/aromatic N) is 1. The largest absolute Gasteiger partial charge is 0.255 e. The maximum absolute atomic E-state index is 5.18. The molecule has 6 aromatic rings. The third kappa shape index (κ3) is 7.46. The van der Waals surface area contributed by atoms with Gasteiger partial charge < -0.3 is 0 Å². The van der Waals surface area contributed by atoms with E-state index in [2.05, 4.69) is 171 Å². The van der Waals surface area contributed by atoms with E-state index in [1.165, 1.54) is 75.2 Å². The normalized spacial score (nSPS) is 15.1. The van der Waals surface area contributed by atoms with E-state index in [1.54, 1.807) is 14.9 Å². The van der Waals surface area contributed by atoms with Crippen LogP contribution in [0.4, 0.5) is 0 Å². The first-order valence-electron chi connectivity index (χ1n) is 19.7. The van der Waals surface area contributed by atoms with Gasteiger partial charge in [-0.15, -0.1) is 11.3 Å². The molecular weight excluding hydrogens is 663 g/mol. The third-order valence-electron chi connectivity index (χ3n) is 11.3. The van der Waals surface area contributed by atoms with Crippen molar-refractivity contribution in [2.24, 2.45) is 10.8 Å². The van der Waals surface area contributed by atoms with E-state index in [4.69, 9.17) is 4.98 Å². The van der Waals surface area contributed by atoms with Crippen LogP contribution < -0.4 is 14.9 Å². The van der Waals surface area contributed by atoms with Gasteiger partial charge in [0.05, 0.1) is 10.4 Å². The van der Waals surface area contributed by atoms with Gasteiger partial charge in [0.25, 0.3) is 0 Å². The van der Waals surface area contributed by atoms with E-state index in [9.17, 15) is 0 Å². The van der Waals surface area contributed by atoms with Crippen molar-refractivity contribution in [2.75, 3.05) is 0 Å². The van der Waals surface area contributed by atoms with Gasteiger partial charge in [-0.3, -0.25) is 4.98 Å². The summed E-state index contributed by atoms with van der Waals surface area (Å²) in [6, 6.07) is 38.6. The molecule has 2 aromatic heterocycles. The van der Waals surface area contributed by atoms with Gasteiger partial charge >= 0.3 is 0 Å². The first kappa shape index (κ1) is 36.8. The second-order valence-electron chi connectivity index (χ2n) is 19.2. The van der Waals surface area contributed by atoms with Crippen LogP contribution in [0.15, 0.2) is 103 Å². The minimum Gasteiger partial charge on any atom is -0.255 e. The number of hydrogen-bond acceptors (Lipinski definition) is 2. The number of benzene rings is 4. The molecule has 0 spiro atoms. The lowest BCUT2D eigenvalue weighted by molar-refractivity contribution is 0.411. The zero-order chi connectivity index (χ0) is 36.9. The van der Waals surface area contributed by atoms with Crippen molar-refractivity contribution in [3.05, 3.63) is 120 Å². The Morgan fingerprint density at radius 3 is 1.77 bits per heavy atom. The SMILES string of the molecule is CC(C)(C)Cc1ccc([Si](c2ccc(CC(C)(C)C)cc2)(c2cc3ccnc(-c4cc(C(C)(C)C)c5ccccc5c4)c3s2)C2CCCCC2)cc1. The van der Waals surface area contributed by atoms with Gasteiger partial charge in [-0.2, -0.15) is 0 Å². The fourth-order valence-corrected chi connectivity index (χ4v) is 17.5. The van der Waals surface area contributed by atoms with Crippen LogP contribution in [0.25, 0.3) is 32.1 Å². The van der Waals surface area contributed by atoms with Crippen LogP contribution >= 0.6 is 11.3 Å². The molecular formula is C49H59NSSi. The van der Waals surface area contributed by atoms with Gasteiger partial charge in [0.2, 0.25) is 0 Å². The Morgan fingerprint density at radius 1 is 0.635 bits per heavy atom. The summed E-state index contributed by atoms with van der Waals surface area (Å²) in [5, 5.41) is 7.10. The molecule has 0 atom stereocenters.